The Hall–Kier alpha value is -2.88. The molecule has 0 aliphatic carbocycles. The van der Waals surface area contributed by atoms with Gasteiger partial charge in [0.05, 0.1) is 5.52 Å². The van der Waals surface area contributed by atoms with Gasteiger partial charge in [0.1, 0.15) is 11.3 Å². The minimum Gasteiger partial charge on any atom is -0.355 e. The molecule has 2 aromatic heterocycles. The van der Waals surface area contributed by atoms with E-state index in [1.807, 2.05) is 6.92 Å². The van der Waals surface area contributed by atoms with E-state index >= 15 is 0 Å². The molecule has 130 valence electrons. The van der Waals surface area contributed by atoms with Gasteiger partial charge in [0.2, 0.25) is 0 Å². The van der Waals surface area contributed by atoms with Crippen molar-refractivity contribution in [3.05, 3.63) is 54.4 Å². The number of H-pyrrole nitrogens is 1. The Morgan fingerprint density at radius 1 is 0.885 bits per heavy atom. The summed E-state index contributed by atoms with van der Waals surface area (Å²) in [4.78, 5) is 15.4. The fourth-order valence-electron chi connectivity index (χ4n) is 3.96. The van der Waals surface area contributed by atoms with Crippen molar-refractivity contribution in [3.8, 4) is 11.3 Å². The fourth-order valence-corrected chi connectivity index (χ4v) is 3.96. The summed E-state index contributed by atoms with van der Waals surface area (Å²) < 4.78 is 0. The van der Waals surface area contributed by atoms with Crippen molar-refractivity contribution in [2.45, 2.75) is 26.2 Å². The van der Waals surface area contributed by atoms with Crippen LogP contribution < -0.4 is 4.90 Å². The molecular weight excluding hydrogens is 320 g/mol. The third kappa shape index (κ3) is 2.62. The number of hydrogen-bond acceptors (Lipinski definition) is 3. The molecule has 0 spiro atoms. The first-order chi connectivity index (χ1) is 12.8. The summed E-state index contributed by atoms with van der Waals surface area (Å²) >= 11 is 0. The highest BCUT2D eigenvalue weighted by Crippen LogP contribution is 2.31. The van der Waals surface area contributed by atoms with E-state index < -0.39 is 0 Å². The van der Waals surface area contributed by atoms with Gasteiger partial charge >= 0.3 is 0 Å². The monoisotopic (exact) mass is 342 g/mol. The van der Waals surface area contributed by atoms with Crippen LogP contribution in [0.15, 0.2) is 48.5 Å². The van der Waals surface area contributed by atoms with Gasteiger partial charge in [-0.2, -0.15) is 0 Å². The van der Waals surface area contributed by atoms with Crippen molar-refractivity contribution in [2.75, 3.05) is 18.0 Å². The maximum atomic E-state index is 4.77. The molecule has 1 aliphatic heterocycles. The molecule has 4 nitrogen and oxygen atoms in total. The predicted molar refractivity (Wildman–Crippen MR) is 108 cm³/mol. The zero-order chi connectivity index (χ0) is 17.5. The van der Waals surface area contributed by atoms with Crippen LogP contribution in [0.1, 0.15) is 25.1 Å². The van der Waals surface area contributed by atoms with Crippen LogP contribution in [0.5, 0.6) is 0 Å². The molecule has 0 radical (unpaired) electrons. The molecule has 0 saturated carbocycles. The minimum absolute atomic E-state index is 0.835. The number of hydrogen-bond donors (Lipinski definition) is 1. The molecule has 4 heteroatoms. The van der Waals surface area contributed by atoms with Crippen molar-refractivity contribution in [2.24, 2.45) is 0 Å². The highest BCUT2D eigenvalue weighted by Gasteiger charge is 2.18. The van der Waals surface area contributed by atoms with Crippen LogP contribution in [-0.4, -0.2) is 28.0 Å². The molecule has 5 rings (SSSR count). The Morgan fingerprint density at radius 3 is 2.54 bits per heavy atom. The third-order valence-electron chi connectivity index (χ3n) is 5.29. The molecule has 0 amide bonds. The number of benzene rings is 2. The molecule has 0 unspecified atom stereocenters. The van der Waals surface area contributed by atoms with Crippen LogP contribution in [0.2, 0.25) is 0 Å². The van der Waals surface area contributed by atoms with Gasteiger partial charge in [-0.25, -0.2) is 9.97 Å². The lowest BCUT2D eigenvalue weighted by Gasteiger charge is -2.28. The smallest absolute Gasteiger partial charge is 0.156 e. The number of nitrogens with one attached hydrogen (secondary N) is 1. The highest BCUT2D eigenvalue weighted by molar-refractivity contribution is 5.93. The van der Waals surface area contributed by atoms with Crippen molar-refractivity contribution in [1.29, 1.82) is 0 Å². The number of fused-ring (bicyclic) bond motifs is 2. The van der Waals surface area contributed by atoms with Crippen LogP contribution in [0.4, 0.5) is 5.82 Å². The first-order valence-electron chi connectivity index (χ1n) is 9.39. The van der Waals surface area contributed by atoms with E-state index in [1.54, 1.807) is 0 Å². The van der Waals surface area contributed by atoms with E-state index in [-0.39, 0.29) is 0 Å². The molecule has 2 aromatic carbocycles. The summed E-state index contributed by atoms with van der Waals surface area (Å²) in [7, 11) is 0. The van der Waals surface area contributed by atoms with Crippen molar-refractivity contribution in [3.63, 3.8) is 0 Å². The van der Waals surface area contributed by atoms with Gasteiger partial charge in [0.15, 0.2) is 5.82 Å². The molecule has 0 atom stereocenters. The lowest BCUT2D eigenvalue weighted by molar-refractivity contribution is 0.574. The number of nitrogens with zero attached hydrogens (tertiary/aromatic N) is 3. The zero-order valence-corrected chi connectivity index (χ0v) is 15.0. The van der Waals surface area contributed by atoms with Crippen LogP contribution in [0.3, 0.4) is 0 Å². The summed E-state index contributed by atoms with van der Waals surface area (Å²) in [5.74, 6) is 1.89. The second-order valence-electron chi connectivity index (χ2n) is 7.15. The Balaban J connectivity index is 1.64. The minimum atomic E-state index is 0.835. The molecule has 1 fully saturated rings. The molecular formula is C22H22N4. The number of aromatic amines is 1. The zero-order valence-electron chi connectivity index (χ0n) is 15.0. The third-order valence-corrected chi connectivity index (χ3v) is 5.29. The quantitative estimate of drug-likeness (QED) is 0.553. The second kappa shape index (κ2) is 6.13. The SMILES string of the molecule is Cc1nc(N2CCCCC2)c2[nH]c(-c3ccc4ccccc4c3)cc2n1. The maximum Gasteiger partial charge on any atom is 0.156 e. The molecule has 4 aromatic rings. The molecule has 26 heavy (non-hydrogen) atoms. The normalized spacial score (nSPS) is 15.0. The van der Waals surface area contributed by atoms with E-state index in [1.165, 1.54) is 35.6 Å². The number of piperidine rings is 1. The first kappa shape index (κ1) is 15.4. The topological polar surface area (TPSA) is 44.8 Å². The van der Waals surface area contributed by atoms with E-state index in [0.29, 0.717) is 0 Å². The van der Waals surface area contributed by atoms with Gasteiger partial charge in [-0.15, -0.1) is 0 Å². The molecule has 1 saturated heterocycles. The van der Waals surface area contributed by atoms with Crippen LogP contribution in [0.25, 0.3) is 33.1 Å². The van der Waals surface area contributed by atoms with Crippen LogP contribution in [-0.2, 0) is 0 Å². The van der Waals surface area contributed by atoms with Gasteiger partial charge in [0, 0.05) is 18.8 Å². The van der Waals surface area contributed by atoms with E-state index in [4.69, 9.17) is 4.98 Å². The van der Waals surface area contributed by atoms with Gasteiger partial charge in [-0.3, -0.25) is 0 Å². The number of anilines is 1. The molecule has 3 heterocycles. The molecule has 1 N–H and O–H groups in total. The van der Waals surface area contributed by atoms with Crippen molar-refractivity contribution in [1.82, 2.24) is 15.0 Å². The van der Waals surface area contributed by atoms with Gasteiger partial charge in [0.25, 0.3) is 0 Å². The van der Waals surface area contributed by atoms with E-state index in [0.717, 1.165) is 41.5 Å². The second-order valence-corrected chi connectivity index (χ2v) is 7.15. The molecule has 1 aliphatic rings. The average molecular weight is 342 g/mol. The van der Waals surface area contributed by atoms with E-state index in [2.05, 4.69) is 63.4 Å². The number of aryl methyl sites for hydroxylation is 1. The molecule has 0 bridgehead atoms. The van der Waals surface area contributed by atoms with Crippen LogP contribution >= 0.6 is 0 Å². The van der Waals surface area contributed by atoms with Crippen LogP contribution in [0, 0.1) is 6.92 Å². The lowest BCUT2D eigenvalue weighted by atomic mass is 10.1. The fraction of sp³-hybridized carbons (Fsp3) is 0.273. The van der Waals surface area contributed by atoms with Crippen molar-refractivity contribution < 1.29 is 0 Å². The Kier molecular flexibility index (Phi) is 3.63. The predicted octanol–water partition coefficient (Wildman–Crippen LogP) is 5.08. The highest BCUT2D eigenvalue weighted by atomic mass is 15.2. The first-order valence-corrected chi connectivity index (χ1v) is 9.39. The van der Waals surface area contributed by atoms with Gasteiger partial charge in [-0.05, 0) is 54.7 Å². The van der Waals surface area contributed by atoms with Gasteiger partial charge in [-0.1, -0.05) is 36.4 Å². The summed E-state index contributed by atoms with van der Waals surface area (Å²) in [6, 6.07) is 17.2. The number of rotatable bonds is 2. The van der Waals surface area contributed by atoms with Gasteiger partial charge < -0.3 is 9.88 Å². The Labute approximate surface area is 152 Å². The standard InChI is InChI=1S/C22H22N4/c1-15-23-20-14-19(18-10-9-16-7-3-4-8-17(16)13-18)25-21(20)22(24-15)26-11-5-2-6-12-26/h3-4,7-10,13-14,25H,2,5-6,11-12H2,1H3. The lowest BCUT2D eigenvalue weighted by Crippen LogP contribution is -2.30. The summed E-state index contributed by atoms with van der Waals surface area (Å²) in [5, 5.41) is 2.51. The Bertz CT molecular complexity index is 1090. The maximum absolute atomic E-state index is 4.77. The Morgan fingerprint density at radius 2 is 1.69 bits per heavy atom. The average Bonchev–Trinajstić information content (AvgIpc) is 3.11. The summed E-state index contributed by atoms with van der Waals surface area (Å²) in [5.41, 5.74) is 4.34. The summed E-state index contributed by atoms with van der Waals surface area (Å²) in [6.45, 7) is 4.14. The van der Waals surface area contributed by atoms with Crippen molar-refractivity contribution >= 4 is 27.6 Å². The summed E-state index contributed by atoms with van der Waals surface area (Å²) in [6.07, 6.45) is 3.79. The van der Waals surface area contributed by atoms with E-state index in [9.17, 15) is 0 Å². The number of aromatic nitrogens is 3. The largest absolute Gasteiger partial charge is 0.355 e.